The minimum Gasteiger partial charge on any atom is -0.341 e. The van der Waals surface area contributed by atoms with Gasteiger partial charge in [0, 0.05) is 45.8 Å². The lowest BCUT2D eigenvalue weighted by molar-refractivity contribution is -0.134. The molecule has 1 aliphatic heterocycles. The molecular formula is C17H22N4O. The molecule has 22 heavy (non-hydrogen) atoms. The SMILES string of the molecule is CN(Cc1ccccc1)C(=O)[C@H]1CNC[C@@H]1c1cnn(C)c1. The van der Waals surface area contributed by atoms with Crippen LogP contribution in [-0.2, 0) is 18.4 Å². The number of aromatic nitrogens is 2. The molecule has 1 fully saturated rings. The van der Waals surface area contributed by atoms with Crippen molar-refractivity contribution in [2.45, 2.75) is 12.5 Å². The van der Waals surface area contributed by atoms with Crippen molar-refractivity contribution in [1.29, 1.82) is 0 Å². The quantitative estimate of drug-likeness (QED) is 0.928. The number of carbonyl (C=O) groups is 1. The molecule has 116 valence electrons. The van der Waals surface area contributed by atoms with E-state index in [-0.39, 0.29) is 17.7 Å². The molecule has 0 aliphatic carbocycles. The van der Waals surface area contributed by atoms with E-state index in [1.54, 1.807) is 4.68 Å². The lowest BCUT2D eigenvalue weighted by atomic mass is 9.90. The molecule has 0 unspecified atom stereocenters. The molecule has 0 radical (unpaired) electrons. The monoisotopic (exact) mass is 298 g/mol. The standard InChI is InChI=1S/C17H22N4O/c1-20(11-13-6-4-3-5-7-13)17(22)16-10-18-9-15(16)14-8-19-21(2)12-14/h3-8,12,15-16,18H,9-11H2,1-2H3/t15-,16+/m1/s1. The number of aryl methyl sites for hydroxylation is 1. The Morgan fingerprint density at radius 3 is 2.82 bits per heavy atom. The minimum absolute atomic E-state index is 0.0158. The molecule has 0 bridgehead atoms. The minimum atomic E-state index is -0.0158. The second-order valence-electron chi connectivity index (χ2n) is 6.00. The Bertz CT molecular complexity index is 637. The van der Waals surface area contributed by atoms with E-state index in [1.807, 2.05) is 49.6 Å². The van der Waals surface area contributed by atoms with Crippen molar-refractivity contribution in [2.24, 2.45) is 13.0 Å². The fourth-order valence-corrected chi connectivity index (χ4v) is 3.14. The maximum atomic E-state index is 12.8. The van der Waals surface area contributed by atoms with Gasteiger partial charge in [-0.3, -0.25) is 9.48 Å². The third-order valence-corrected chi connectivity index (χ3v) is 4.32. The summed E-state index contributed by atoms with van der Waals surface area (Å²) in [6, 6.07) is 10.1. The summed E-state index contributed by atoms with van der Waals surface area (Å²) >= 11 is 0. The van der Waals surface area contributed by atoms with Crippen LogP contribution in [0, 0.1) is 5.92 Å². The summed E-state index contributed by atoms with van der Waals surface area (Å²) in [4.78, 5) is 14.6. The van der Waals surface area contributed by atoms with E-state index in [9.17, 15) is 4.79 Å². The first kappa shape index (κ1) is 14.8. The van der Waals surface area contributed by atoms with Gasteiger partial charge in [-0.05, 0) is 11.1 Å². The van der Waals surface area contributed by atoms with Gasteiger partial charge in [-0.1, -0.05) is 30.3 Å². The highest BCUT2D eigenvalue weighted by Crippen LogP contribution is 2.29. The van der Waals surface area contributed by atoms with Crippen molar-refractivity contribution in [3.8, 4) is 0 Å². The van der Waals surface area contributed by atoms with E-state index in [0.29, 0.717) is 6.54 Å². The Balaban J connectivity index is 1.70. The zero-order chi connectivity index (χ0) is 15.5. The van der Waals surface area contributed by atoms with Gasteiger partial charge >= 0.3 is 0 Å². The zero-order valence-corrected chi connectivity index (χ0v) is 13.1. The Hall–Kier alpha value is -2.14. The van der Waals surface area contributed by atoms with Crippen molar-refractivity contribution in [1.82, 2.24) is 20.0 Å². The van der Waals surface area contributed by atoms with Crippen LogP contribution in [0.2, 0.25) is 0 Å². The highest BCUT2D eigenvalue weighted by Gasteiger charge is 2.36. The van der Waals surface area contributed by atoms with Gasteiger partial charge in [-0.25, -0.2) is 0 Å². The maximum absolute atomic E-state index is 12.8. The summed E-state index contributed by atoms with van der Waals surface area (Å²) in [7, 11) is 3.79. The fourth-order valence-electron chi connectivity index (χ4n) is 3.14. The van der Waals surface area contributed by atoms with Crippen molar-refractivity contribution in [3.63, 3.8) is 0 Å². The summed E-state index contributed by atoms with van der Waals surface area (Å²) in [5.74, 6) is 0.389. The molecule has 0 saturated carbocycles. The van der Waals surface area contributed by atoms with Gasteiger partial charge in [0.1, 0.15) is 0 Å². The molecule has 1 aliphatic rings. The molecule has 2 heterocycles. The number of carbonyl (C=O) groups excluding carboxylic acids is 1. The fraction of sp³-hybridized carbons (Fsp3) is 0.412. The molecular weight excluding hydrogens is 276 g/mol. The molecule has 5 nitrogen and oxygen atoms in total. The number of hydrogen-bond donors (Lipinski definition) is 1. The van der Waals surface area contributed by atoms with Crippen LogP contribution in [0.5, 0.6) is 0 Å². The molecule has 1 N–H and O–H groups in total. The number of amides is 1. The Morgan fingerprint density at radius 2 is 2.14 bits per heavy atom. The summed E-state index contributed by atoms with van der Waals surface area (Å²) in [6.45, 7) is 2.22. The van der Waals surface area contributed by atoms with Crippen LogP contribution in [0.4, 0.5) is 0 Å². The lowest BCUT2D eigenvalue weighted by Gasteiger charge is -2.24. The van der Waals surface area contributed by atoms with E-state index < -0.39 is 0 Å². The molecule has 2 atom stereocenters. The van der Waals surface area contributed by atoms with Crippen molar-refractivity contribution in [3.05, 3.63) is 53.9 Å². The van der Waals surface area contributed by atoms with E-state index in [1.165, 1.54) is 0 Å². The van der Waals surface area contributed by atoms with Crippen LogP contribution in [-0.4, -0.2) is 40.7 Å². The molecule has 1 saturated heterocycles. The van der Waals surface area contributed by atoms with Gasteiger partial charge in [-0.2, -0.15) is 5.10 Å². The Labute approximate surface area is 130 Å². The Morgan fingerprint density at radius 1 is 1.36 bits per heavy atom. The largest absolute Gasteiger partial charge is 0.341 e. The van der Waals surface area contributed by atoms with E-state index >= 15 is 0 Å². The van der Waals surface area contributed by atoms with Crippen LogP contribution in [0.1, 0.15) is 17.0 Å². The van der Waals surface area contributed by atoms with Gasteiger partial charge in [0.05, 0.1) is 12.1 Å². The summed E-state index contributed by atoms with van der Waals surface area (Å²) in [5, 5.41) is 7.58. The molecule has 1 aromatic heterocycles. The summed E-state index contributed by atoms with van der Waals surface area (Å²) in [5.41, 5.74) is 2.29. The first-order chi connectivity index (χ1) is 10.6. The Kier molecular flexibility index (Phi) is 4.24. The highest BCUT2D eigenvalue weighted by atomic mass is 16.2. The topological polar surface area (TPSA) is 50.2 Å². The molecule has 1 aromatic carbocycles. The van der Waals surface area contributed by atoms with Crippen LogP contribution in [0.25, 0.3) is 0 Å². The van der Waals surface area contributed by atoms with Gasteiger partial charge < -0.3 is 10.2 Å². The van der Waals surface area contributed by atoms with E-state index in [2.05, 4.69) is 22.5 Å². The smallest absolute Gasteiger partial charge is 0.227 e. The first-order valence-electron chi connectivity index (χ1n) is 7.63. The van der Waals surface area contributed by atoms with Crippen LogP contribution >= 0.6 is 0 Å². The molecule has 1 amide bonds. The van der Waals surface area contributed by atoms with Crippen LogP contribution < -0.4 is 5.32 Å². The normalized spacial score (nSPS) is 21.0. The average molecular weight is 298 g/mol. The molecule has 3 rings (SSSR count). The zero-order valence-electron chi connectivity index (χ0n) is 13.1. The lowest BCUT2D eigenvalue weighted by Crippen LogP contribution is -2.35. The molecule has 5 heteroatoms. The second-order valence-corrected chi connectivity index (χ2v) is 6.00. The highest BCUT2D eigenvalue weighted by molar-refractivity contribution is 5.80. The van der Waals surface area contributed by atoms with Crippen LogP contribution in [0.15, 0.2) is 42.7 Å². The molecule has 2 aromatic rings. The summed E-state index contributed by atoms with van der Waals surface area (Å²) < 4.78 is 1.79. The number of hydrogen-bond acceptors (Lipinski definition) is 3. The number of nitrogens with zero attached hydrogens (tertiary/aromatic N) is 3. The number of benzene rings is 1. The van der Waals surface area contributed by atoms with Gasteiger partial charge in [0.25, 0.3) is 0 Å². The van der Waals surface area contributed by atoms with Crippen molar-refractivity contribution in [2.75, 3.05) is 20.1 Å². The van der Waals surface area contributed by atoms with Crippen LogP contribution in [0.3, 0.4) is 0 Å². The second kappa shape index (κ2) is 6.32. The maximum Gasteiger partial charge on any atom is 0.227 e. The van der Waals surface area contributed by atoms with Crippen molar-refractivity contribution < 1.29 is 4.79 Å². The van der Waals surface area contributed by atoms with E-state index in [0.717, 1.165) is 24.2 Å². The third kappa shape index (κ3) is 3.04. The predicted molar refractivity (Wildman–Crippen MR) is 85.2 cm³/mol. The van der Waals surface area contributed by atoms with Crippen molar-refractivity contribution >= 4 is 5.91 Å². The first-order valence-corrected chi connectivity index (χ1v) is 7.63. The van der Waals surface area contributed by atoms with Gasteiger partial charge in [0.2, 0.25) is 5.91 Å². The number of rotatable bonds is 4. The predicted octanol–water partition coefficient (Wildman–Crippen LogP) is 1.38. The van der Waals surface area contributed by atoms with Gasteiger partial charge in [0.15, 0.2) is 0 Å². The average Bonchev–Trinajstić information content (AvgIpc) is 3.15. The summed E-state index contributed by atoms with van der Waals surface area (Å²) in [6.07, 6.45) is 3.88. The number of nitrogens with one attached hydrogen (secondary N) is 1. The third-order valence-electron chi connectivity index (χ3n) is 4.32. The van der Waals surface area contributed by atoms with Gasteiger partial charge in [-0.15, -0.1) is 0 Å². The van der Waals surface area contributed by atoms with E-state index in [4.69, 9.17) is 0 Å². The molecule has 0 spiro atoms.